The number of hydrogen-bond acceptors (Lipinski definition) is 0. The Hall–Kier alpha value is -1.74. The van der Waals surface area contributed by atoms with Crippen molar-refractivity contribution in [3.63, 3.8) is 0 Å². The summed E-state index contributed by atoms with van der Waals surface area (Å²) in [7, 11) is 0. The van der Waals surface area contributed by atoms with E-state index in [1.54, 1.807) is 0 Å². The maximum Gasteiger partial charge on any atom is 0.0430 e. The van der Waals surface area contributed by atoms with Crippen LogP contribution in [0.2, 0.25) is 0 Å². The van der Waals surface area contributed by atoms with Crippen molar-refractivity contribution in [1.29, 1.82) is 0 Å². The molecule has 2 aromatic rings. The van der Waals surface area contributed by atoms with Crippen molar-refractivity contribution >= 4 is 10.8 Å². The van der Waals surface area contributed by atoms with E-state index in [1.165, 1.54) is 29.2 Å². The predicted molar refractivity (Wildman–Crippen MR) is 79.7 cm³/mol. The van der Waals surface area contributed by atoms with Crippen LogP contribution < -0.4 is 0 Å². The van der Waals surface area contributed by atoms with Crippen LogP contribution >= 0.6 is 0 Å². The number of rotatable bonds is 3. The van der Waals surface area contributed by atoms with Crippen molar-refractivity contribution < 1.29 is 0 Å². The Balaban J connectivity index is 2.26. The van der Waals surface area contributed by atoms with Gasteiger partial charge in [-0.25, -0.2) is 0 Å². The molecule has 0 aliphatic rings. The molecule has 0 saturated carbocycles. The first-order valence-corrected chi connectivity index (χ1v) is 6.79. The van der Waals surface area contributed by atoms with E-state index in [0.717, 1.165) is 6.42 Å². The molecule has 2 aromatic carbocycles. The highest BCUT2D eigenvalue weighted by Gasteiger charge is 2.05. The minimum absolute atomic E-state index is 0.313. The van der Waals surface area contributed by atoms with Gasteiger partial charge in [-0.1, -0.05) is 61.7 Å². The molecule has 1 atom stereocenters. The molecule has 0 nitrogen and oxygen atoms in total. The highest BCUT2D eigenvalue weighted by molar-refractivity contribution is 5.86. The van der Waals surface area contributed by atoms with Crippen LogP contribution in [0.1, 0.15) is 44.6 Å². The average Bonchev–Trinajstić information content (AvgIpc) is 2.43. The molecule has 92 valence electrons. The van der Waals surface area contributed by atoms with Crippen LogP contribution in [0.15, 0.2) is 42.5 Å². The fraction of sp³-hybridized carbons (Fsp3) is 0.333. The molecule has 0 amide bonds. The van der Waals surface area contributed by atoms with Gasteiger partial charge in [-0.05, 0) is 29.7 Å². The quantitative estimate of drug-likeness (QED) is 0.511. The summed E-state index contributed by atoms with van der Waals surface area (Å²) >= 11 is 0. The molecule has 0 N–H and O–H groups in total. The maximum absolute atomic E-state index is 3.38. The smallest absolute Gasteiger partial charge is 0.0430 e. The number of fused-ring (bicyclic) bond motifs is 1. The van der Waals surface area contributed by atoms with Crippen LogP contribution in [0, 0.1) is 11.8 Å². The Morgan fingerprint density at radius 3 is 2.67 bits per heavy atom. The third kappa shape index (κ3) is 2.93. The lowest BCUT2D eigenvalue weighted by molar-refractivity contribution is 0.826. The van der Waals surface area contributed by atoms with Crippen LogP contribution in [0.4, 0.5) is 0 Å². The predicted octanol–water partition coefficient (Wildman–Crippen LogP) is 5.14. The van der Waals surface area contributed by atoms with E-state index in [1.807, 2.05) is 0 Å². The fourth-order valence-corrected chi connectivity index (χ4v) is 2.20. The molecule has 0 saturated heterocycles. The normalized spacial score (nSPS) is 11.9. The van der Waals surface area contributed by atoms with Crippen LogP contribution in [0.5, 0.6) is 0 Å². The second-order valence-corrected chi connectivity index (χ2v) is 4.71. The van der Waals surface area contributed by atoms with Gasteiger partial charge in [0.1, 0.15) is 0 Å². The maximum atomic E-state index is 3.38. The molecule has 0 heteroatoms. The molecular weight excluding hydrogens is 216 g/mol. The summed E-state index contributed by atoms with van der Waals surface area (Å²) in [5.41, 5.74) is 1.34. The van der Waals surface area contributed by atoms with Crippen LogP contribution in [-0.4, -0.2) is 0 Å². The van der Waals surface area contributed by atoms with E-state index >= 15 is 0 Å². The summed E-state index contributed by atoms with van der Waals surface area (Å²) < 4.78 is 0. The van der Waals surface area contributed by atoms with Gasteiger partial charge in [0.25, 0.3) is 0 Å². The van der Waals surface area contributed by atoms with E-state index < -0.39 is 0 Å². The first-order valence-electron chi connectivity index (χ1n) is 6.79. The molecule has 2 rings (SSSR count). The lowest BCUT2D eigenvalue weighted by Gasteiger charge is -2.08. The van der Waals surface area contributed by atoms with Crippen LogP contribution in [-0.2, 0) is 0 Å². The van der Waals surface area contributed by atoms with Crippen molar-refractivity contribution in [2.45, 2.75) is 39.0 Å². The Morgan fingerprint density at radius 1 is 1.06 bits per heavy atom. The van der Waals surface area contributed by atoms with Gasteiger partial charge < -0.3 is 0 Å². The largest absolute Gasteiger partial charge is 0.103 e. The molecular formula is C18H20. The van der Waals surface area contributed by atoms with Crippen LogP contribution in [0.25, 0.3) is 10.8 Å². The second kappa shape index (κ2) is 6.26. The molecule has 1 unspecified atom stereocenters. The molecule has 18 heavy (non-hydrogen) atoms. The number of unbranched alkanes of at least 4 members (excludes halogenated alkanes) is 2. The molecule has 0 bridgehead atoms. The summed E-state index contributed by atoms with van der Waals surface area (Å²) in [6.07, 6.45) is 3.44. The van der Waals surface area contributed by atoms with E-state index in [-0.39, 0.29) is 0 Å². The van der Waals surface area contributed by atoms with Gasteiger partial charge in [-0.2, -0.15) is 0 Å². The first-order chi connectivity index (χ1) is 8.83. The highest BCUT2D eigenvalue weighted by Crippen LogP contribution is 2.24. The summed E-state index contributed by atoms with van der Waals surface area (Å²) in [6, 6.07) is 15.0. The zero-order chi connectivity index (χ0) is 12.8. The van der Waals surface area contributed by atoms with E-state index in [2.05, 4.69) is 68.2 Å². The lowest BCUT2D eigenvalue weighted by atomic mass is 9.95. The summed E-state index contributed by atoms with van der Waals surface area (Å²) in [5, 5.41) is 2.63. The first kappa shape index (κ1) is 12.7. The Morgan fingerprint density at radius 2 is 1.83 bits per heavy atom. The van der Waals surface area contributed by atoms with Gasteiger partial charge in [0.2, 0.25) is 0 Å². The number of hydrogen-bond donors (Lipinski definition) is 0. The standard InChI is InChI=1S/C18H20/c1-3-4-5-6-10-15(2)17-14-9-12-16-11-7-8-13-18(16)17/h7-9,11-15H,3-5H2,1-2H3. The van der Waals surface area contributed by atoms with Gasteiger partial charge in [0, 0.05) is 12.3 Å². The van der Waals surface area contributed by atoms with Crippen LogP contribution in [0.3, 0.4) is 0 Å². The zero-order valence-electron chi connectivity index (χ0n) is 11.2. The zero-order valence-corrected chi connectivity index (χ0v) is 11.2. The summed E-state index contributed by atoms with van der Waals surface area (Å²) in [5.74, 6) is 6.99. The second-order valence-electron chi connectivity index (χ2n) is 4.71. The van der Waals surface area contributed by atoms with E-state index in [0.29, 0.717) is 5.92 Å². The van der Waals surface area contributed by atoms with Gasteiger partial charge in [0.05, 0.1) is 0 Å². The molecule has 0 spiro atoms. The van der Waals surface area contributed by atoms with Gasteiger partial charge in [-0.3, -0.25) is 0 Å². The molecule has 0 aliphatic carbocycles. The minimum atomic E-state index is 0.313. The topological polar surface area (TPSA) is 0 Å². The third-order valence-corrected chi connectivity index (χ3v) is 3.26. The van der Waals surface area contributed by atoms with Gasteiger partial charge >= 0.3 is 0 Å². The molecule has 0 radical (unpaired) electrons. The SMILES string of the molecule is CCCCC#CC(C)c1cccc2ccccc12. The highest BCUT2D eigenvalue weighted by atomic mass is 14.1. The minimum Gasteiger partial charge on any atom is -0.103 e. The monoisotopic (exact) mass is 236 g/mol. The summed E-state index contributed by atoms with van der Waals surface area (Å²) in [4.78, 5) is 0. The fourth-order valence-electron chi connectivity index (χ4n) is 2.20. The van der Waals surface area contributed by atoms with Crippen molar-refractivity contribution in [3.05, 3.63) is 48.0 Å². The summed E-state index contributed by atoms with van der Waals surface area (Å²) in [6.45, 7) is 4.40. The molecule has 0 heterocycles. The average molecular weight is 236 g/mol. The molecule has 0 fully saturated rings. The number of benzene rings is 2. The van der Waals surface area contributed by atoms with Gasteiger partial charge in [-0.15, -0.1) is 5.92 Å². The Labute approximate surface area is 110 Å². The van der Waals surface area contributed by atoms with Crippen molar-refractivity contribution in [2.75, 3.05) is 0 Å². The molecule has 0 aromatic heterocycles. The molecule has 0 aliphatic heterocycles. The lowest BCUT2D eigenvalue weighted by Crippen LogP contribution is -1.91. The van der Waals surface area contributed by atoms with Crippen molar-refractivity contribution in [1.82, 2.24) is 0 Å². The van der Waals surface area contributed by atoms with E-state index in [4.69, 9.17) is 0 Å². The van der Waals surface area contributed by atoms with Crippen molar-refractivity contribution in [3.8, 4) is 11.8 Å². The van der Waals surface area contributed by atoms with E-state index in [9.17, 15) is 0 Å². The van der Waals surface area contributed by atoms with Crippen molar-refractivity contribution in [2.24, 2.45) is 0 Å². The van der Waals surface area contributed by atoms with Gasteiger partial charge in [0.15, 0.2) is 0 Å². The Kier molecular flexibility index (Phi) is 4.42. The third-order valence-electron chi connectivity index (χ3n) is 3.26. The Bertz CT molecular complexity index is 564.